The highest BCUT2D eigenvalue weighted by molar-refractivity contribution is 6.21. The van der Waals surface area contributed by atoms with E-state index < -0.39 is 0 Å². The zero-order valence-electron chi connectivity index (χ0n) is 35.1. The molecule has 0 aliphatic rings. The fourth-order valence-electron chi connectivity index (χ4n) is 9.82. The molecule has 1 heterocycles. The van der Waals surface area contributed by atoms with Crippen LogP contribution in [0, 0.1) is 0 Å². The number of nitrogens with zero attached hydrogens (tertiary/aromatic N) is 2. The highest BCUT2D eigenvalue weighted by atomic mass is 15.1. The Kier molecular flexibility index (Phi) is 9.20. The van der Waals surface area contributed by atoms with Gasteiger partial charge >= 0.3 is 0 Å². The summed E-state index contributed by atoms with van der Waals surface area (Å²) in [7, 11) is 0. The molecule has 0 spiro atoms. The zero-order valence-corrected chi connectivity index (χ0v) is 35.1. The van der Waals surface area contributed by atoms with E-state index in [0.29, 0.717) is 0 Å². The summed E-state index contributed by atoms with van der Waals surface area (Å²) in [4.78, 5) is 2.34. The van der Waals surface area contributed by atoms with E-state index in [1.54, 1.807) is 0 Å². The second kappa shape index (κ2) is 15.8. The summed E-state index contributed by atoms with van der Waals surface area (Å²) in [6, 6.07) is 92.4. The second-order valence-electron chi connectivity index (χ2n) is 16.5. The number of aromatic nitrogens is 1. The fraction of sp³-hybridized carbons (Fsp3) is 0. The third-order valence-electron chi connectivity index (χ3n) is 12.8. The van der Waals surface area contributed by atoms with Crippen LogP contribution in [0.15, 0.2) is 255 Å². The van der Waals surface area contributed by atoms with Gasteiger partial charge in [0.1, 0.15) is 0 Å². The average molecular weight is 815 g/mol. The molecule has 0 saturated heterocycles. The van der Waals surface area contributed by atoms with E-state index in [0.717, 1.165) is 17.1 Å². The minimum atomic E-state index is 1.10. The summed E-state index contributed by atoms with van der Waals surface area (Å²) in [5, 5.41) is 7.55. The van der Waals surface area contributed by atoms with Gasteiger partial charge in [0.2, 0.25) is 0 Å². The average Bonchev–Trinajstić information content (AvgIpc) is 3.71. The van der Waals surface area contributed by atoms with Crippen LogP contribution in [-0.4, -0.2) is 4.57 Å². The Morgan fingerprint density at radius 1 is 0.234 bits per heavy atom. The Labute approximate surface area is 373 Å². The predicted molar refractivity (Wildman–Crippen MR) is 272 cm³/mol. The van der Waals surface area contributed by atoms with Crippen LogP contribution >= 0.6 is 0 Å². The monoisotopic (exact) mass is 814 g/mol. The van der Waals surface area contributed by atoms with Crippen LogP contribution in [0.1, 0.15) is 0 Å². The van der Waals surface area contributed by atoms with Gasteiger partial charge < -0.3 is 9.47 Å². The van der Waals surface area contributed by atoms with Crippen LogP contribution in [-0.2, 0) is 0 Å². The quantitative estimate of drug-likeness (QED) is 0.139. The van der Waals surface area contributed by atoms with Crippen molar-refractivity contribution in [2.24, 2.45) is 0 Å². The van der Waals surface area contributed by atoms with Crippen LogP contribution < -0.4 is 4.90 Å². The molecular formula is C62H42N2. The lowest BCUT2D eigenvalue weighted by atomic mass is 9.86. The number of hydrogen-bond donors (Lipinski definition) is 0. The molecule has 0 radical (unpaired) electrons. The van der Waals surface area contributed by atoms with Crippen LogP contribution in [0.4, 0.5) is 17.1 Å². The number of anilines is 3. The van der Waals surface area contributed by atoms with Gasteiger partial charge in [0.05, 0.1) is 11.0 Å². The number of hydrogen-bond acceptors (Lipinski definition) is 1. The van der Waals surface area contributed by atoms with Crippen molar-refractivity contribution in [1.82, 2.24) is 4.57 Å². The Morgan fingerprint density at radius 3 is 1.14 bits per heavy atom. The molecule has 0 N–H and O–H groups in total. The molecule has 0 fully saturated rings. The lowest BCUT2D eigenvalue weighted by molar-refractivity contribution is 1.18. The van der Waals surface area contributed by atoms with E-state index in [1.807, 2.05) is 0 Å². The molecule has 0 amide bonds. The molecule has 0 atom stereocenters. The number of fused-ring (bicyclic) bond motifs is 5. The lowest BCUT2D eigenvalue weighted by Gasteiger charge is -2.26. The van der Waals surface area contributed by atoms with Gasteiger partial charge in [0, 0.05) is 33.5 Å². The number of benzene rings is 11. The van der Waals surface area contributed by atoms with E-state index in [9.17, 15) is 0 Å². The Balaban J connectivity index is 0.869. The van der Waals surface area contributed by atoms with Gasteiger partial charge in [-0.15, -0.1) is 0 Å². The molecule has 2 heteroatoms. The van der Waals surface area contributed by atoms with Gasteiger partial charge in [-0.2, -0.15) is 0 Å². The van der Waals surface area contributed by atoms with E-state index in [-0.39, 0.29) is 0 Å². The molecule has 64 heavy (non-hydrogen) atoms. The van der Waals surface area contributed by atoms with Crippen LogP contribution in [0.25, 0.3) is 93.5 Å². The van der Waals surface area contributed by atoms with Crippen molar-refractivity contribution in [1.29, 1.82) is 0 Å². The van der Waals surface area contributed by atoms with Crippen LogP contribution in [0.5, 0.6) is 0 Å². The van der Waals surface area contributed by atoms with Gasteiger partial charge in [-0.3, -0.25) is 0 Å². The van der Waals surface area contributed by atoms with Gasteiger partial charge in [0.15, 0.2) is 0 Å². The maximum Gasteiger partial charge on any atom is 0.0541 e. The molecule has 0 bridgehead atoms. The number of rotatable bonds is 8. The molecular weight excluding hydrogens is 773 g/mol. The van der Waals surface area contributed by atoms with E-state index in [4.69, 9.17) is 0 Å². The first-order valence-electron chi connectivity index (χ1n) is 22.0. The van der Waals surface area contributed by atoms with Crippen molar-refractivity contribution >= 4 is 60.4 Å². The molecule has 11 aromatic carbocycles. The molecule has 0 saturated carbocycles. The molecule has 0 unspecified atom stereocenters. The Hall–Kier alpha value is -8.46. The predicted octanol–water partition coefficient (Wildman–Crippen LogP) is 17.2. The molecule has 2 nitrogen and oxygen atoms in total. The topological polar surface area (TPSA) is 8.17 Å². The van der Waals surface area contributed by atoms with Crippen molar-refractivity contribution in [3.8, 4) is 50.2 Å². The van der Waals surface area contributed by atoms with E-state index in [2.05, 4.69) is 264 Å². The molecule has 1 aromatic heterocycles. The first-order chi connectivity index (χ1) is 31.8. The highest BCUT2D eigenvalue weighted by Crippen LogP contribution is 2.45. The largest absolute Gasteiger partial charge is 0.311 e. The van der Waals surface area contributed by atoms with Crippen molar-refractivity contribution in [2.75, 3.05) is 4.90 Å². The molecule has 12 aromatic rings. The summed E-state index contributed by atoms with van der Waals surface area (Å²) >= 11 is 0. The Morgan fingerprint density at radius 2 is 0.594 bits per heavy atom. The van der Waals surface area contributed by atoms with Crippen LogP contribution in [0.2, 0.25) is 0 Å². The lowest BCUT2D eigenvalue weighted by Crippen LogP contribution is -2.09. The molecule has 300 valence electrons. The van der Waals surface area contributed by atoms with Crippen LogP contribution in [0.3, 0.4) is 0 Å². The van der Waals surface area contributed by atoms with Crippen molar-refractivity contribution in [2.45, 2.75) is 0 Å². The Bertz CT molecular complexity index is 3550. The summed E-state index contributed by atoms with van der Waals surface area (Å²) in [5.74, 6) is 0. The highest BCUT2D eigenvalue weighted by Gasteiger charge is 2.19. The fourth-order valence-corrected chi connectivity index (χ4v) is 9.82. The minimum absolute atomic E-state index is 1.10. The van der Waals surface area contributed by atoms with Gasteiger partial charge in [-0.25, -0.2) is 0 Å². The molecule has 0 aliphatic carbocycles. The summed E-state index contributed by atoms with van der Waals surface area (Å²) in [5.41, 5.74) is 16.7. The number of para-hydroxylation sites is 3. The maximum absolute atomic E-state index is 2.37. The third-order valence-corrected chi connectivity index (χ3v) is 12.8. The second-order valence-corrected chi connectivity index (χ2v) is 16.5. The van der Waals surface area contributed by atoms with Crippen molar-refractivity contribution in [3.63, 3.8) is 0 Å². The minimum Gasteiger partial charge on any atom is -0.311 e. The summed E-state index contributed by atoms with van der Waals surface area (Å²) < 4.78 is 2.37. The summed E-state index contributed by atoms with van der Waals surface area (Å²) in [6.07, 6.45) is 0. The van der Waals surface area contributed by atoms with E-state index >= 15 is 0 Å². The SMILES string of the molecule is c1ccc(-c2c3ccccc3c(-c3ccc(N(c4ccccc4)c4ccc(-c5ccc(-c6ccc7c(c6)c6ccccc6n7-c6ccccc6)cc5)cc4)cc3)c3ccccc23)cc1. The maximum atomic E-state index is 2.37. The van der Waals surface area contributed by atoms with Crippen molar-refractivity contribution in [3.05, 3.63) is 255 Å². The zero-order chi connectivity index (χ0) is 42.4. The normalized spacial score (nSPS) is 11.4. The van der Waals surface area contributed by atoms with E-state index in [1.165, 1.54) is 93.5 Å². The molecule has 12 rings (SSSR count). The first kappa shape index (κ1) is 37.3. The van der Waals surface area contributed by atoms with Gasteiger partial charge in [-0.1, -0.05) is 188 Å². The third kappa shape index (κ3) is 6.44. The van der Waals surface area contributed by atoms with Gasteiger partial charge in [-0.05, 0) is 133 Å². The standard InChI is InChI=1S/C62H42N2/c1-4-16-46(17-5-1)61-54-23-10-12-25-56(54)62(57-26-13-11-24-55(57)61)47-34-39-52(40-35-47)63(49-18-6-2-7-19-49)51-37-32-44(33-38-51)43-28-30-45(31-29-43)48-36-41-60-58(42-48)53-22-14-15-27-59(53)64(60)50-20-8-3-9-21-50/h1-42H. The first-order valence-corrected chi connectivity index (χ1v) is 22.0. The smallest absolute Gasteiger partial charge is 0.0541 e. The van der Waals surface area contributed by atoms with Crippen molar-refractivity contribution < 1.29 is 0 Å². The summed E-state index contributed by atoms with van der Waals surface area (Å²) in [6.45, 7) is 0. The molecule has 0 aliphatic heterocycles. The van der Waals surface area contributed by atoms with Gasteiger partial charge in [0.25, 0.3) is 0 Å².